The first-order valence-electron chi connectivity index (χ1n) is 10.5. The first-order valence-corrected chi connectivity index (χ1v) is 10.5. The molecule has 0 saturated heterocycles. The van der Waals surface area contributed by atoms with Crippen LogP contribution in [0.15, 0.2) is 60.7 Å². The zero-order chi connectivity index (χ0) is 23.2. The number of carbonyl (C=O) groups excluding carboxylic acids is 1. The number of nitrogens with one attached hydrogen (secondary N) is 1. The number of amides is 1. The van der Waals surface area contributed by atoms with Gasteiger partial charge in [-0.2, -0.15) is 13.2 Å². The third kappa shape index (κ3) is 4.02. The molecule has 3 N–H and O–H groups in total. The molecule has 5 nitrogen and oxygen atoms in total. The second-order valence-corrected chi connectivity index (χ2v) is 8.31. The van der Waals surface area contributed by atoms with Gasteiger partial charge < -0.3 is 20.5 Å². The second-order valence-electron chi connectivity index (χ2n) is 8.31. The molecule has 0 radical (unpaired) electrons. The summed E-state index contributed by atoms with van der Waals surface area (Å²) in [6.07, 6.45) is -3.36. The van der Waals surface area contributed by atoms with E-state index in [9.17, 15) is 18.0 Å². The van der Waals surface area contributed by atoms with E-state index in [0.29, 0.717) is 35.5 Å². The van der Waals surface area contributed by atoms with E-state index < -0.39 is 17.2 Å². The van der Waals surface area contributed by atoms with Crippen LogP contribution in [-0.4, -0.2) is 12.7 Å². The molecule has 3 aromatic carbocycles. The Balaban J connectivity index is 0.00000171. The van der Waals surface area contributed by atoms with Gasteiger partial charge in [-0.3, -0.25) is 4.79 Å². The molecule has 1 heterocycles. The standard InChI is InChI=1S/C25H21F3N2O3.2H2/c26-25(27,28)19-9-17(16-3-1-2-15(8-16)13-29)10-20(11-19)30-23(31)24(6-7-24)18-4-5-21-22(12-18)33-14-32-21;;/h1-5,8-12H,6-7,13-14,29H2,(H,30,31);2*1H. The highest BCUT2D eigenvalue weighted by Gasteiger charge is 2.51. The number of fused-ring (bicyclic) bond motifs is 1. The van der Waals surface area contributed by atoms with E-state index in [1.807, 2.05) is 6.07 Å². The minimum absolute atomic E-state index is 0. The normalized spacial score (nSPS) is 15.9. The third-order valence-corrected chi connectivity index (χ3v) is 6.12. The maximum atomic E-state index is 13.6. The van der Waals surface area contributed by atoms with Crippen LogP contribution in [-0.2, 0) is 22.9 Å². The SMILES string of the molecule is NCc1cccc(-c2cc(NC(=O)C3(c4ccc5c(c4)OCO5)CC3)cc(C(F)(F)F)c2)c1.[HH].[HH]. The number of nitrogens with two attached hydrogens (primary N) is 1. The van der Waals surface area contributed by atoms with Crippen LogP contribution in [0.25, 0.3) is 11.1 Å². The largest absolute Gasteiger partial charge is 0.454 e. The summed E-state index contributed by atoms with van der Waals surface area (Å²) in [5.74, 6) is 0.826. The summed E-state index contributed by atoms with van der Waals surface area (Å²) in [6.45, 7) is 0.394. The minimum Gasteiger partial charge on any atom is -0.454 e. The zero-order valence-electron chi connectivity index (χ0n) is 17.5. The zero-order valence-corrected chi connectivity index (χ0v) is 17.5. The Bertz CT molecular complexity index is 1250. The van der Waals surface area contributed by atoms with Crippen LogP contribution >= 0.6 is 0 Å². The van der Waals surface area contributed by atoms with Crippen LogP contribution in [0.2, 0.25) is 0 Å². The van der Waals surface area contributed by atoms with Crippen molar-refractivity contribution in [1.29, 1.82) is 0 Å². The molecule has 8 heteroatoms. The molecule has 0 bridgehead atoms. The Labute approximate surface area is 191 Å². The molecule has 3 aromatic rings. The lowest BCUT2D eigenvalue weighted by Gasteiger charge is -2.18. The van der Waals surface area contributed by atoms with Crippen LogP contribution in [0.4, 0.5) is 18.9 Å². The summed E-state index contributed by atoms with van der Waals surface area (Å²) in [5.41, 5.74) is 6.65. The van der Waals surface area contributed by atoms with Gasteiger partial charge in [0.1, 0.15) is 0 Å². The number of carbonyl (C=O) groups is 1. The van der Waals surface area contributed by atoms with Gasteiger partial charge in [-0.05, 0) is 71.5 Å². The van der Waals surface area contributed by atoms with E-state index >= 15 is 0 Å². The number of hydrogen-bond acceptors (Lipinski definition) is 4. The van der Waals surface area contributed by atoms with Crippen LogP contribution in [0.5, 0.6) is 11.5 Å². The smallest absolute Gasteiger partial charge is 0.416 e. The Hall–Kier alpha value is -3.52. The van der Waals surface area contributed by atoms with Crippen LogP contribution in [0.1, 0.15) is 32.4 Å². The van der Waals surface area contributed by atoms with Gasteiger partial charge >= 0.3 is 6.18 Å². The quantitative estimate of drug-likeness (QED) is 0.513. The fourth-order valence-corrected chi connectivity index (χ4v) is 4.12. The van der Waals surface area contributed by atoms with Crippen molar-refractivity contribution < 1.29 is 30.3 Å². The van der Waals surface area contributed by atoms with Crippen molar-refractivity contribution in [3.63, 3.8) is 0 Å². The lowest BCUT2D eigenvalue weighted by molar-refractivity contribution is -0.137. The van der Waals surface area contributed by atoms with E-state index in [2.05, 4.69) is 5.32 Å². The molecule has 1 saturated carbocycles. The van der Waals surface area contributed by atoms with Crippen molar-refractivity contribution >= 4 is 11.6 Å². The Morgan fingerprint density at radius 1 is 1.00 bits per heavy atom. The molecule has 0 spiro atoms. The van der Waals surface area contributed by atoms with Gasteiger partial charge in [0.25, 0.3) is 0 Å². The maximum Gasteiger partial charge on any atom is 0.416 e. The van der Waals surface area contributed by atoms with E-state index in [-0.39, 0.29) is 27.8 Å². The fourth-order valence-electron chi connectivity index (χ4n) is 4.12. The number of rotatable bonds is 5. The molecule has 0 atom stereocenters. The minimum atomic E-state index is -4.56. The highest BCUT2D eigenvalue weighted by Crippen LogP contribution is 2.51. The van der Waals surface area contributed by atoms with Gasteiger partial charge in [0.05, 0.1) is 11.0 Å². The Morgan fingerprint density at radius 2 is 1.79 bits per heavy atom. The fraction of sp³-hybridized carbons (Fsp3) is 0.240. The first-order chi connectivity index (χ1) is 15.8. The lowest BCUT2D eigenvalue weighted by Crippen LogP contribution is -2.28. The number of benzene rings is 3. The highest BCUT2D eigenvalue weighted by molar-refractivity contribution is 6.02. The van der Waals surface area contributed by atoms with Gasteiger partial charge in [0.2, 0.25) is 12.7 Å². The van der Waals surface area contributed by atoms with Gasteiger partial charge in [0, 0.05) is 15.1 Å². The van der Waals surface area contributed by atoms with Gasteiger partial charge in [-0.15, -0.1) is 0 Å². The third-order valence-electron chi connectivity index (χ3n) is 6.12. The Kier molecular flexibility index (Phi) is 5.05. The predicted octanol–water partition coefficient (Wildman–Crippen LogP) is 5.72. The lowest BCUT2D eigenvalue weighted by atomic mass is 9.94. The highest BCUT2D eigenvalue weighted by atomic mass is 19.4. The van der Waals surface area contributed by atoms with Gasteiger partial charge in [-0.1, -0.05) is 24.3 Å². The average molecular weight is 458 g/mol. The molecule has 0 unspecified atom stereocenters. The van der Waals surface area contributed by atoms with Crippen molar-refractivity contribution in [2.24, 2.45) is 5.73 Å². The van der Waals surface area contributed by atoms with Crippen LogP contribution in [0.3, 0.4) is 0 Å². The van der Waals surface area contributed by atoms with E-state index in [0.717, 1.165) is 23.3 Å². The summed E-state index contributed by atoms with van der Waals surface area (Å²) in [5, 5.41) is 2.73. The molecule has 1 aliphatic carbocycles. The molecule has 33 heavy (non-hydrogen) atoms. The predicted molar refractivity (Wildman–Crippen MR) is 121 cm³/mol. The second kappa shape index (κ2) is 7.81. The number of halogens is 3. The van der Waals surface area contributed by atoms with Crippen molar-refractivity contribution in [3.05, 3.63) is 77.4 Å². The molecule has 2 aliphatic rings. The van der Waals surface area contributed by atoms with Crippen LogP contribution < -0.4 is 20.5 Å². The monoisotopic (exact) mass is 458 g/mol. The summed E-state index contributed by atoms with van der Waals surface area (Å²) in [4.78, 5) is 13.2. The molecule has 1 fully saturated rings. The average Bonchev–Trinajstić information content (AvgIpc) is 3.49. The summed E-state index contributed by atoms with van der Waals surface area (Å²) < 4.78 is 51.6. The number of hydrogen-bond donors (Lipinski definition) is 2. The van der Waals surface area contributed by atoms with E-state index in [1.54, 1.807) is 42.5 Å². The van der Waals surface area contributed by atoms with Crippen molar-refractivity contribution in [3.8, 4) is 22.6 Å². The van der Waals surface area contributed by atoms with Crippen molar-refractivity contribution in [2.45, 2.75) is 31.0 Å². The van der Waals surface area contributed by atoms with Gasteiger partial charge in [-0.25, -0.2) is 0 Å². The van der Waals surface area contributed by atoms with Crippen molar-refractivity contribution in [2.75, 3.05) is 12.1 Å². The Morgan fingerprint density at radius 3 is 2.52 bits per heavy atom. The number of anilines is 1. The molecule has 1 aliphatic heterocycles. The number of ether oxygens (including phenoxy) is 2. The molecule has 174 valence electrons. The molecular weight excluding hydrogens is 433 g/mol. The first kappa shape index (κ1) is 21.3. The molecule has 0 aromatic heterocycles. The van der Waals surface area contributed by atoms with E-state index in [1.165, 1.54) is 0 Å². The van der Waals surface area contributed by atoms with E-state index in [4.69, 9.17) is 15.2 Å². The van der Waals surface area contributed by atoms with Gasteiger partial charge in [0.15, 0.2) is 11.5 Å². The maximum absolute atomic E-state index is 13.6. The molecule has 1 amide bonds. The summed E-state index contributed by atoms with van der Waals surface area (Å²) >= 11 is 0. The summed E-state index contributed by atoms with van der Waals surface area (Å²) in [6, 6.07) is 15.9. The summed E-state index contributed by atoms with van der Waals surface area (Å²) in [7, 11) is 0. The topological polar surface area (TPSA) is 73.6 Å². The molecule has 5 rings (SSSR count). The molecular formula is C25H25F3N2O3. The number of alkyl halides is 3. The van der Waals surface area contributed by atoms with Crippen molar-refractivity contribution in [1.82, 2.24) is 0 Å². The van der Waals surface area contributed by atoms with Crippen LogP contribution in [0, 0.1) is 0 Å².